The van der Waals surface area contributed by atoms with Gasteiger partial charge in [0.2, 0.25) is 0 Å². The summed E-state index contributed by atoms with van der Waals surface area (Å²) < 4.78 is 4.96. The molecule has 0 aliphatic carbocycles. The molecule has 1 N–H and O–H groups in total. The molecular weight excluding hydrogens is 192 g/mol. The quantitative estimate of drug-likeness (QED) is 0.750. The summed E-state index contributed by atoms with van der Waals surface area (Å²) in [7, 11) is 1.49. The van der Waals surface area contributed by atoms with Crippen molar-refractivity contribution in [2.45, 2.75) is 12.8 Å². The minimum absolute atomic E-state index is 0.0158. The second kappa shape index (κ2) is 5.20. The monoisotopic (exact) mass is 206 g/mol. The number of rotatable bonds is 5. The summed E-state index contributed by atoms with van der Waals surface area (Å²) >= 11 is 0. The second-order valence-electron chi connectivity index (χ2n) is 3.18. The number of benzene rings is 1. The van der Waals surface area contributed by atoms with E-state index in [0.717, 1.165) is 5.56 Å². The van der Waals surface area contributed by atoms with Crippen molar-refractivity contribution in [3.05, 3.63) is 36.4 Å². The van der Waals surface area contributed by atoms with Crippen LogP contribution in [-0.2, 0) is 11.2 Å². The standard InChI is InChI=1S/C12H14O3/c1-3-10(13)6-4-9-5-7-11(14)12(8-9)15-2/h3,5,7-8,14H,1,4,6H2,2H3. The van der Waals surface area contributed by atoms with Crippen LogP contribution in [0.15, 0.2) is 30.9 Å². The fourth-order valence-electron chi connectivity index (χ4n) is 1.25. The van der Waals surface area contributed by atoms with Crippen LogP contribution in [0.4, 0.5) is 0 Å². The Morgan fingerprint density at radius 3 is 2.93 bits per heavy atom. The normalized spacial score (nSPS) is 9.67. The number of allylic oxidation sites excluding steroid dienone is 1. The highest BCUT2D eigenvalue weighted by Gasteiger charge is 2.03. The van der Waals surface area contributed by atoms with E-state index in [0.29, 0.717) is 18.6 Å². The van der Waals surface area contributed by atoms with E-state index in [9.17, 15) is 9.90 Å². The summed E-state index contributed by atoms with van der Waals surface area (Å²) in [6, 6.07) is 5.06. The molecule has 1 rings (SSSR count). The number of ketones is 1. The van der Waals surface area contributed by atoms with Gasteiger partial charge >= 0.3 is 0 Å². The topological polar surface area (TPSA) is 46.5 Å². The van der Waals surface area contributed by atoms with Gasteiger partial charge in [-0.2, -0.15) is 0 Å². The molecule has 1 aromatic carbocycles. The van der Waals surface area contributed by atoms with Crippen molar-refractivity contribution < 1.29 is 14.6 Å². The Kier molecular flexibility index (Phi) is 3.92. The van der Waals surface area contributed by atoms with Crippen LogP contribution in [0.3, 0.4) is 0 Å². The molecule has 3 nitrogen and oxygen atoms in total. The van der Waals surface area contributed by atoms with Crippen molar-refractivity contribution in [1.82, 2.24) is 0 Å². The van der Waals surface area contributed by atoms with Gasteiger partial charge < -0.3 is 9.84 Å². The molecule has 0 aliphatic rings. The molecule has 0 atom stereocenters. The van der Waals surface area contributed by atoms with E-state index in [2.05, 4.69) is 6.58 Å². The molecular formula is C12H14O3. The van der Waals surface area contributed by atoms with Gasteiger partial charge in [0.05, 0.1) is 7.11 Å². The highest BCUT2D eigenvalue weighted by Crippen LogP contribution is 2.26. The van der Waals surface area contributed by atoms with Crippen molar-refractivity contribution in [2.75, 3.05) is 7.11 Å². The van der Waals surface area contributed by atoms with Crippen molar-refractivity contribution in [3.63, 3.8) is 0 Å². The zero-order chi connectivity index (χ0) is 11.3. The lowest BCUT2D eigenvalue weighted by Crippen LogP contribution is -1.96. The number of methoxy groups -OCH3 is 1. The van der Waals surface area contributed by atoms with Gasteiger partial charge in [0.1, 0.15) is 0 Å². The average Bonchev–Trinajstić information content (AvgIpc) is 2.27. The Morgan fingerprint density at radius 2 is 2.33 bits per heavy atom. The maximum Gasteiger partial charge on any atom is 0.160 e. The molecule has 0 heterocycles. The zero-order valence-corrected chi connectivity index (χ0v) is 8.69. The predicted octanol–water partition coefficient (Wildman–Crippen LogP) is 2.09. The number of phenolic OH excluding ortho intramolecular Hbond substituents is 1. The third-order valence-corrected chi connectivity index (χ3v) is 2.13. The zero-order valence-electron chi connectivity index (χ0n) is 8.69. The molecule has 3 heteroatoms. The number of hydrogen-bond donors (Lipinski definition) is 1. The molecule has 0 spiro atoms. The Hall–Kier alpha value is -1.77. The summed E-state index contributed by atoms with van der Waals surface area (Å²) in [5.41, 5.74) is 0.958. The number of hydrogen-bond acceptors (Lipinski definition) is 3. The molecule has 0 amide bonds. The van der Waals surface area contributed by atoms with Gasteiger partial charge in [-0.3, -0.25) is 4.79 Å². The van der Waals surface area contributed by atoms with Crippen LogP contribution >= 0.6 is 0 Å². The third kappa shape index (κ3) is 3.13. The van der Waals surface area contributed by atoms with Crippen LogP contribution in [0.2, 0.25) is 0 Å². The van der Waals surface area contributed by atoms with Crippen molar-refractivity contribution >= 4 is 5.78 Å². The summed E-state index contributed by atoms with van der Waals surface area (Å²) in [6.45, 7) is 3.41. The molecule has 0 fully saturated rings. The summed E-state index contributed by atoms with van der Waals surface area (Å²) in [6.07, 6.45) is 2.37. The second-order valence-corrected chi connectivity index (χ2v) is 3.18. The first-order chi connectivity index (χ1) is 7.17. The van der Waals surface area contributed by atoms with Gasteiger partial charge in [-0.15, -0.1) is 0 Å². The lowest BCUT2D eigenvalue weighted by atomic mass is 10.1. The Morgan fingerprint density at radius 1 is 1.60 bits per heavy atom. The molecule has 1 aromatic rings. The van der Waals surface area contributed by atoms with E-state index in [-0.39, 0.29) is 11.5 Å². The SMILES string of the molecule is C=CC(=O)CCc1ccc(O)c(OC)c1. The van der Waals surface area contributed by atoms with Gasteiger partial charge in [0.25, 0.3) is 0 Å². The lowest BCUT2D eigenvalue weighted by Gasteiger charge is -2.05. The van der Waals surface area contributed by atoms with Crippen LogP contribution in [-0.4, -0.2) is 18.0 Å². The predicted molar refractivity (Wildman–Crippen MR) is 58.2 cm³/mol. The fraction of sp³-hybridized carbons (Fsp3) is 0.250. The van der Waals surface area contributed by atoms with Crippen molar-refractivity contribution in [1.29, 1.82) is 0 Å². The number of aryl methyl sites for hydroxylation is 1. The van der Waals surface area contributed by atoms with Crippen LogP contribution in [0.25, 0.3) is 0 Å². The minimum Gasteiger partial charge on any atom is -0.504 e. The molecule has 0 saturated heterocycles. The molecule has 0 radical (unpaired) electrons. The largest absolute Gasteiger partial charge is 0.504 e. The third-order valence-electron chi connectivity index (χ3n) is 2.13. The van der Waals surface area contributed by atoms with Crippen LogP contribution in [0, 0.1) is 0 Å². The van der Waals surface area contributed by atoms with Crippen LogP contribution < -0.4 is 4.74 Å². The Labute approximate surface area is 89.0 Å². The van der Waals surface area contributed by atoms with Gasteiger partial charge in [0.15, 0.2) is 17.3 Å². The number of carbonyl (C=O) groups is 1. The molecule has 80 valence electrons. The van der Waals surface area contributed by atoms with Crippen molar-refractivity contribution in [2.24, 2.45) is 0 Å². The fourth-order valence-corrected chi connectivity index (χ4v) is 1.25. The highest BCUT2D eigenvalue weighted by molar-refractivity contribution is 5.89. The highest BCUT2D eigenvalue weighted by atomic mass is 16.5. The summed E-state index contributed by atoms with van der Waals surface area (Å²) in [5.74, 6) is 0.553. The van der Waals surface area contributed by atoms with E-state index in [1.165, 1.54) is 13.2 Å². The number of phenols is 1. The van der Waals surface area contributed by atoms with Crippen LogP contribution in [0.1, 0.15) is 12.0 Å². The van der Waals surface area contributed by atoms with E-state index in [1.54, 1.807) is 18.2 Å². The number of aromatic hydroxyl groups is 1. The van der Waals surface area contributed by atoms with E-state index >= 15 is 0 Å². The molecule has 0 aliphatic heterocycles. The minimum atomic E-state index is 0.0158. The van der Waals surface area contributed by atoms with E-state index < -0.39 is 0 Å². The first-order valence-corrected chi connectivity index (χ1v) is 4.68. The summed E-state index contributed by atoms with van der Waals surface area (Å²) in [5, 5.41) is 9.35. The molecule has 15 heavy (non-hydrogen) atoms. The summed E-state index contributed by atoms with van der Waals surface area (Å²) in [4.78, 5) is 11.0. The van der Waals surface area contributed by atoms with Gasteiger partial charge in [-0.25, -0.2) is 0 Å². The van der Waals surface area contributed by atoms with Gasteiger partial charge in [0, 0.05) is 6.42 Å². The number of ether oxygens (including phenoxy) is 1. The number of carbonyl (C=O) groups excluding carboxylic acids is 1. The van der Waals surface area contributed by atoms with Gasteiger partial charge in [-0.05, 0) is 30.2 Å². The maximum atomic E-state index is 11.0. The molecule has 0 aromatic heterocycles. The first-order valence-electron chi connectivity index (χ1n) is 4.68. The van der Waals surface area contributed by atoms with E-state index in [4.69, 9.17) is 4.74 Å². The first kappa shape index (κ1) is 11.3. The Balaban J connectivity index is 2.70. The smallest absolute Gasteiger partial charge is 0.160 e. The maximum absolute atomic E-state index is 11.0. The van der Waals surface area contributed by atoms with E-state index in [1.807, 2.05) is 0 Å². The molecule has 0 saturated carbocycles. The molecule has 0 unspecified atom stereocenters. The lowest BCUT2D eigenvalue weighted by molar-refractivity contribution is -0.114. The van der Waals surface area contributed by atoms with Gasteiger partial charge in [-0.1, -0.05) is 12.6 Å². The van der Waals surface area contributed by atoms with Crippen molar-refractivity contribution in [3.8, 4) is 11.5 Å². The Bertz CT molecular complexity index is 369. The molecule has 0 bridgehead atoms. The van der Waals surface area contributed by atoms with Crippen LogP contribution in [0.5, 0.6) is 11.5 Å². The average molecular weight is 206 g/mol.